The summed E-state index contributed by atoms with van der Waals surface area (Å²) in [5.74, 6) is -0.970. The van der Waals surface area contributed by atoms with Gasteiger partial charge >= 0.3 is 0 Å². The molecule has 0 unspecified atom stereocenters. The number of para-hydroxylation sites is 1. The van der Waals surface area contributed by atoms with Crippen LogP contribution < -0.4 is 5.32 Å². The van der Waals surface area contributed by atoms with E-state index in [0.717, 1.165) is 49.4 Å². The second kappa shape index (κ2) is 9.06. The lowest BCUT2D eigenvalue weighted by atomic mass is 9.75. The Labute approximate surface area is 183 Å². The molecule has 0 radical (unpaired) electrons. The summed E-state index contributed by atoms with van der Waals surface area (Å²) in [6.45, 7) is 0. The zero-order valence-electron chi connectivity index (χ0n) is 18.4. The number of Topliss-reactive ketones (excluding diaryl/α,β-unsaturated/α-hetero) is 1. The molecule has 1 heterocycles. The molecule has 0 atom stereocenters. The number of hydrogen-bond donors (Lipinski definition) is 2. The molecule has 1 aliphatic carbocycles. The van der Waals surface area contributed by atoms with Gasteiger partial charge < -0.3 is 15.2 Å². The number of rotatable bonds is 7. The van der Waals surface area contributed by atoms with Gasteiger partial charge in [0.25, 0.3) is 11.7 Å². The van der Waals surface area contributed by atoms with Crippen LogP contribution in [-0.4, -0.2) is 47.3 Å². The van der Waals surface area contributed by atoms with Crippen molar-refractivity contribution in [3.05, 3.63) is 71.9 Å². The number of nitrogens with zero attached hydrogens (tertiary/aromatic N) is 1. The zero-order valence-corrected chi connectivity index (χ0v) is 18.4. The molecule has 0 aliphatic heterocycles. The molecule has 5 heteroatoms. The molecule has 1 fully saturated rings. The first-order valence-corrected chi connectivity index (χ1v) is 11.1. The highest BCUT2D eigenvalue weighted by Crippen LogP contribution is 2.36. The first-order valence-electron chi connectivity index (χ1n) is 11.1. The van der Waals surface area contributed by atoms with E-state index in [9.17, 15) is 9.59 Å². The van der Waals surface area contributed by atoms with Crippen molar-refractivity contribution in [2.75, 3.05) is 14.1 Å². The second-order valence-corrected chi connectivity index (χ2v) is 8.93. The summed E-state index contributed by atoms with van der Waals surface area (Å²) in [4.78, 5) is 30.8. The summed E-state index contributed by atoms with van der Waals surface area (Å²) in [6, 6.07) is 18.2. The lowest BCUT2D eigenvalue weighted by Gasteiger charge is -2.45. The Morgan fingerprint density at radius 2 is 1.71 bits per heavy atom. The number of aromatic amines is 1. The fraction of sp³-hybridized carbons (Fsp3) is 0.385. The monoisotopic (exact) mass is 417 g/mol. The minimum atomic E-state index is -0.503. The molecule has 1 aliphatic rings. The van der Waals surface area contributed by atoms with Crippen molar-refractivity contribution in [3.8, 4) is 0 Å². The molecule has 2 N–H and O–H groups in total. The number of fused-ring (bicyclic) bond motifs is 1. The minimum absolute atomic E-state index is 0.0476. The highest BCUT2D eigenvalue weighted by atomic mass is 16.2. The highest BCUT2D eigenvalue weighted by Gasteiger charge is 2.37. The van der Waals surface area contributed by atoms with Crippen molar-refractivity contribution in [1.82, 2.24) is 15.2 Å². The van der Waals surface area contributed by atoms with Gasteiger partial charge in [0.1, 0.15) is 0 Å². The molecule has 4 rings (SSSR count). The molecule has 0 bridgehead atoms. The lowest BCUT2D eigenvalue weighted by Crippen LogP contribution is -2.51. The van der Waals surface area contributed by atoms with Gasteiger partial charge in [-0.1, -0.05) is 48.5 Å². The molecule has 3 aromatic rings. The SMILES string of the molecule is CN(C)C1(CCc2ccccc2)CCC(NC(=O)C(=O)c2c[nH]c3ccccc23)CC1. The molecule has 31 heavy (non-hydrogen) atoms. The Bertz CT molecular complexity index is 1050. The number of aromatic nitrogens is 1. The molecule has 0 saturated heterocycles. The first kappa shape index (κ1) is 21.3. The van der Waals surface area contributed by atoms with Crippen LogP contribution in [0.5, 0.6) is 0 Å². The quantitative estimate of drug-likeness (QED) is 0.444. The largest absolute Gasteiger partial charge is 0.360 e. The summed E-state index contributed by atoms with van der Waals surface area (Å²) in [6.07, 6.45) is 7.58. The third-order valence-electron chi connectivity index (χ3n) is 6.96. The van der Waals surface area contributed by atoms with Crippen molar-refractivity contribution in [3.63, 3.8) is 0 Å². The van der Waals surface area contributed by atoms with Crippen LogP contribution in [0.2, 0.25) is 0 Å². The average Bonchev–Trinajstić information content (AvgIpc) is 3.23. The van der Waals surface area contributed by atoms with E-state index >= 15 is 0 Å². The maximum atomic E-state index is 12.7. The molecule has 2 aromatic carbocycles. The van der Waals surface area contributed by atoms with Crippen molar-refractivity contribution in [1.29, 1.82) is 0 Å². The summed E-state index contributed by atoms with van der Waals surface area (Å²) in [7, 11) is 4.31. The standard InChI is InChI=1S/C26H31N3O2/c1-29(2)26(15-12-19-8-4-3-5-9-19)16-13-20(14-17-26)28-25(31)24(30)22-18-27-23-11-7-6-10-21(22)23/h3-11,18,20,27H,12-17H2,1-2H3,(H,28,31). The summed E-state index contributed by atoms with van der Waals surface area (Å²) in [5, 5.41) is 3.79. The summed E-state index contributed by atoms with van der Waals surface area (Å²) in [5.41, 5.74) is 2.81. The van der Waals surface area contributed by atoms with Crippen LogP contribution in [0, 0.1) is 0 Å². The average molecular weight is 418 g/mol. The second-order valence-electron chi connectivity index (χ2n) is 8.93. The van der Waals surface area contributed by atoms with Crippen LogP contribution in [0.3, 0.4) is 0 Å². The third kappa shape index (κ3) is 4.57. The smallest absolute Gasteiger partial charge is 0.292 e. The van der Waals surface area contributed by atoms with Gasteiger partial charge in [0.15, 0.2) is 0 Å². The minimum Gasteiger partial charge on any atom is -0.360 e. The van der Waals surface area contributed by atoms with Crippen LogP contribution in [-0.2, 0) is 11.2 Å². The van der Waals surface area contributed by atoms with E-state index in [-0.39, 0.29) is 11.6 Å². The number of amides is 1. The van der Waals surface area contributed by atoms with Crippen molar-refractivity contribution in [2.24, 2.45) is 0 Å². The van der Waals surface area contributed by atoms with E-state index in [0.29, 0.717) is 5.56 Å². The van der Waals surface area contributed by atoms with Gasteiger partial charge in [0.2, 0.25) is 0 Å². The zero-order chi connectivity index (χ0) is 21.8. The number of benzene rings is 2. The maximum Gasteiger partial charge on any atom is 0.292 e. The summed E-state index contributed by atoms with van der Waals surface area (Å²) < 4.78 is 0. The van der Waals surface area contributed by atoms with Crippen LogP contribution in [0.4, 0.5) is 0 Å². The summed E-state index contributed by atoms with van der Waals surface area (Å²) >= 11 is 0. The molecule has 1 saturated carbocycles. The first-order chi connectivity index (χ1) is 15.0. The predicted octanol–water partition coefficient (Wildman–Crippen LogP) is 4.34. The number of aryl methyl sites for hydroxylation is 1. The molecule has 1 amide bonds. The molecule has 162 valence electrons. The van der Waals surface area contributed by atoms with E-state index in [1.165, 1.54) is 5.56 Å². The highest BCUT2D eigenvalue weighted by molar-refractivity contribution is 6.45. The number of carbonyl (C=O) groups excluding carboxylic acids is 2. The van der Waals surface area contributed by atoms with Gasteiger partial charge in [-0.3, -0.25) is 9.59 Å². The van der Waals surface area contributed by atoms with Gasteiger partial charge in [-0.2, -0.15) is 0 Å². The van der Waals surface area contributed by atoms with Crippen LogP contribution >= 0.6 is 0 Å². The topological polar surface area (TPSA) is 65.2 Å². The molecular weight excluding hydrogens is 386 g/mol. The van der Waals surface area contributed by atoms with E-state index in [1.807, 2.05) is 24.3 Å². The Hall–Kier alpha value is -2.92. The van der Waals surface area contributed by atoms with Crippen LogP contribution in [0.15, 0.2) is 60.8 Å². The van der Waals surface area contributed by atoms with Crippen LogP contribution in [0.1, 0.15) is 48.0 Å². The maximum absolute atomic E-state index is 12.7. The van der Waals surface area contributed by atoms with Gasteiger partial charge in [0, 0.05) is 28.7 Å². The van der Waals surface area contributed by atoms with Crippen molar-refractivity contribution in [2.45, 2.75) is 50.1 Å². The molecule has 1 aromatic heterocycles. The van der Waals surface area contributed by atoms with Crippen LogP contribution in [0.25, 0.3) is 10.9 Å². The van der Waals surface area contributed by atoms with E-state index in [1.54, 1.807) is 6.20 Å². The van der Waals surface area contributed by atoms with E-state index in [4.69, 9.17) is 0 Å². The number of nitrogens with one attached hydrogen (secondary N) is 2. The Morgan fingerprint density at radius 3 is 2.42 bits per heavy atom. The lowest BCUT2D eigenvalue weighted by molar-refractivity contribution is -0.118. The fourth-order valence-corrected chi connectivity index (χ4v) is 4.87. The van der Waals surface area contributed by atoms with Crippen molar-refractivity contribution < 1.29 is 9.59 Å². The normalized spacial score (nSPS) is 21.3. The fourth-order valence-electron chi connectivity index (χ4n) is 4.87. The third-order valence-corrected chi connectivity index (χ3v) is 6.96. The Kier molecular flexibility index (Phi) is 6.23. The number of carbonyl (C=O) groups is 2. The number of ketones is 1. The number of H-pyrrole nitrogens is 1. The number of hydrogen-bond acceptors (Lipinski definition) is 3. The van der Waals surface area contributed by atoms with Crippen molar-refractivity contribution >= 4 is 22.6 Å². The van der Waals surface area contributed by atoms with Gasteiger partial charge in [0.05, 0.1) is 5.56 Å². The Morgan fingerprint density at radius 1 is 1.03 bits per heavy atom. The Balaban J connectivity index is 1.36. The molecular formula is C26H31N3O2. The van der Waals surface area contributed by atoms with Gasteiger partial charge in [-0.05, 0) is 64.3 Å². The predicted molar refractivity (Wildman–Crippen MR) is 124 cm³/mol. The van der Waals surface area contributed by atoms with Gasteiger partial charge in [-0.15, -0.1) is 0 Å². The molecule has 0 spiro atoms. The van der Waals surface area contributed by atoms with E-state index in [2.05, 4.69) is 59.6 Å². The molecule has 5 nitrogen and oxygen atoms in total. The van der Waals surface area contributed by atoms with Gasteiger partial charge in [-0.25, -0.2) is 0 Å². The van der Waals surface area contributed by atoms with E-state index < -0.39 is 11.7 Å².